The number of benzene rings is 1. The van der Waals surface area contributed by atoms with Crippen molar-refractivity contribution in [2.24, 2.45) is 0 Å². The minimum absolute atomic E-state index is 0.0190. The zero-order valence-corrected chi connectivity index (χ0v) is 19.2. The number of amides is 2. The van der Waals surface area contributed by atoms with E-state index in [2.05, 4.69) is 21.4 Å². The second-order valence-electron chi connectivity index (χ2n) is 9.25. The molecule has 0 aliphatic carbocycles. The maximum atomic E-state index is 13.2. The summed E-state index contributed by atoms with van der Waals surface area (Å²) in [6.07, 6.45) is 6.68. The van der Waals surface area contributed by atoms with Crippen molar-refractivity contribution in [2.75, 3.05) is 23.3 Å². The Bertz CT molecular complexity index is 1350. The van der Waals surface area contributed by atoms with E-state index in [1.54, 1.807) is 52.8 Å². The fraction of sp³-hybridized carbons (Fsp3) is 0.269. The van der Waals surface area contributed by atoms with Gasteiger partial charge in [0.25, 0.3) is 11.8 Å². The lowest BCUT2D eigenvalue weighted by atomic mass is 9.92. The van der Waals surface area contributed by atoms with Crippen LogP contribution in [0.4, 0.5) is 11.4 Å². The SMILES string of the molecule is Cc1ccncc1C(=O)N1CC(Nc2cncc(N3C(=O)c4ccc(C#N)cc4C3(C)C)c2)C1. The lowest BCUT2D eigenvalue weighted by Crippen LogP contribution is -2.57. The van der Waals surface area contributed by atoms with Crippen molar-refractivity contribution >= 4 is 23.2 Å². The monoisotopic (exact) mass is 452 g/mol. The van der Waals surface area contributed by atoms with Gasteiger partial charge in [0, 0.05) is 31.0 Å². The lowest BCUT2D eigenvalue weighted by Gasteiger charge is -2.40. The quantitative estimate of drug-likeness (QED) is 0.650. The summed E-state index contributed by atoms with van der Waals surface area (Å²) in [5, 5.41) is 12.7. The van der Waals surface area contributed by atoms with Gasteiger partial charge in [-0.05, 0) is 62.2 Å². The summed E-state index contributed by atoms with van der Waals surface area (Å²) in [5.41, 5.74) is 4.32. The fourth-order valence-corrected chi connectivity index (χ4v) is 4.70. The summed E-state index contributed by atoms with van der Waals surface area (Å²) < 4.78 is 0. The van der Waals surface area contributed by atoms with Crippen molar-refractivity contribution < 1.29 is 9.59 Å². The van der Waals surface area contributed by atoms with E-state index in [0.717, 1.165) is 16.8 Å². The van der Waals surface area contributed by atoms with E-state index in [-0.39, 0.29) is 17.9 Å². The smallest absolute Gasteiger partial charge is 0.259 e. The van der Waals surface area contributed by atoms with Crippen LogP contribution in [0.15, 0.2) is 55.1 Å². The summed E-state index contributed by atoms with van der Waals surface area (Å²) in [4.78, 5) is 37.9. The molecule has 2 aliphatic rings. The van der Waals surface area contributed by atoms with Crippen LogP contribution in [-0.2, 0) is 5.54 Å². The lowest BCUT2D eigenvalue weighted by molar-refractivity contribution is 0.0624. The number of hydrogen-bond acceptors (Lipinski definition) is 6. The molecule has 8 heteroatoms. The first-order valence-corrected chi connectivity index (χ1v) is 11.1. The zero-order valence-electron chi connectivity index (χ0n) is 19.2. The van der Waals surface area contributed by atoms with Crippen LogP contribution in [-0.4, -0.2) is 45.8 Å². The Balaban J connectivity index is 1.31. The number of carbonyl (C=O) groups is 2. The Kier molecular flexibility index (Phi) is 5.05. The molecule has 4 heterocycles. The molecule has 0 radical (unpaired) electrons. The summed E-state index contributed by atoms with van der Waals surface area (Å²) >= 11 is 0. The average Bonchev–Trinajstić information content (AvgIpc) is 3.00. The molecule has 8 nitrogen and oxygen atoms in total. The molecule has 1 saturated heterocycles. The third kappa shape index (κ3) is 3.46. The molecular weight excluding hydrogens is 428 g/mol. The molecule has 0 atom stereocenters. The van der Waals surface area contributed by atoms with Crippen LogP contribution in [0.1, 0.15) is 51.3 Å². The predicted molar refractivity (Wildman–Crippen MR) is 128 cm³/mol. The highest BCUT2D eigenvalue weighted by Crippen LogP contribution is 2.42. The van der Waals surface area contributed by atoms with E-state index in [0.29, 0.717) is 35.5 Å². The van der Waals surface area contributed by atoms with Crippen LogP contribution in [0, 0.1) is 18.3 Å². The number of rotatable bonds is 4. The highest BCUT2D eigenvalue weighted by Gasteiger charge is 2.44. The second-order valence-corrected chi connectivity index (χ2v) is 9.25. The van der Waals surface area contributed by atoms with Gasteiger partial charge in [-0.15, -0.1) is 0 Å². The summed E-state index contributed by atoms with van der Waals surface area (Å²) in [7, 11) is 0. The van der Waals surface area contributed by atoms with Gasteiger partial charge in [-0.25, -0.2) is 0 Å². The number of likely N-dealkylation sites (tertiary alicyclic amines) is 1. The summed E-state index contributed by atoms with van der Waals surface area (Å²) in [6.45, 7) is 6.99. The van der Waals surface area contributed by atoms with E-state index in [4.69, 9.17) is 0 Å². The minimum atomic E-state index is -0.624. The number of carbonyl (C=O) groups excluding carboxylic acids is 2. The third-order valence-corrected chi connectivity index (χ3v) is 6.59. The van der Waals surface area contributed by atoms with Gasteiger partial charge in [-0.2, -0.15) is 5.26 Å². The zero-order chi connectivity index (χ0) is 24.0. The van der Waals surface area contributed by atoms with Crippen molar-refractivity contribution in [3.8, 4) is 6.07 Å². The van der Waals surface area contributed by atoms with Crippen LogP contribution < -0.4 is 10.2 Å². The van der Waals surface area contributed by atoms with Gasteiger partial charge < -0.3 is 10.2 Å². The first-order chi connectivity index (χ1) is 16.3. The topological polar surface area (TPSA) is 102 Å². The maximum absolute atomic E-state index is 13.2. The number of nitrogens with one attached hydrogen (secondary N) is 1. The predicted octanol–water partition coefficient (Wildman–Crippen LogP) is 3.49. The first-order valence-electron chi connectivity index (χ1n) is 11.1. The fourth-order valence-electron chi connectivity index (χ4n) is 4.70. The largest absolute Gasteiger partial charge is 0.377 e. The van der Waals surface area contributed by atoms with Gasteiger partial charge in [0.05, 0.1) is 52.5 Å². The van der Waals surface area contributed by atoms with E-state index in [1.807, 2.05) is 32.9 Å². The van der Waals surface area contributed by atoms with Gasteiger partial charge in [-0.3, -0.25) is 24.5 Å². The molecule has 0 spiro atoms. The molecule has 0 bridgehead atoms. The van der Waals surface area contributed by atoms with E-state index in [1.165, 1.54) is 0 Å². The van der Waals surface area contributed by atoms with Crippen LogP contribution >= 0.6 is 0 Å². The molecule has 1 N–H and O–H groups in total. The number of fused-ring (bicyclic) bond motifs is 1. The molecule has 2 amide bonds. The molecule has 1 fully saturated rings. The highest BCUT2D eigenvalue weighted by atomic mass is 16.2. The van der Waals surface area contributed by atoms with Crippen molar-refractivity contribution in [3.63, 3.8) is 0 Å². The van der Waals surface area contributed by atoms with Gasteiger partial charge in [0.1, 0.15) is 0 Å². The third-order valence-electron chi connectivity index (χ3n) is 6.59. The standard InChI is InChI=1S/C26H24N6O2/c1-16-6-7-28-13-22(16)24(33)31-14-19(15-31)30-18-9-20(12-29-11-18)32-25(34)21-5-4-17(10-27)8-23(21)26(32,2)3/h4-9,11-13,19,30H,14-15H2,1-3H3. The van der Waals surface area contributed by atoms with Crippen molar-refractivity contribution in [3.05, 3.63) is 82.9 Å². The summed E-state index contributed by atoms with van der Waals surface area (Å²) in [5.74, 6) is -0.134. The Morgan fingerprint density at radius 3 is 2.68 bits per heavy atom. The second kappa shape index (κ2) is 7.96. The number of nitrogens with zero attached hydrogens (tertiary/aromatic N) is 5. The van der Waals surface area contributed by atoms with Gasteiger partial charge in [0.15, 0.2) is 0 Å². The molecule has 0 saturated carbocycles. The molecule has 1 aromatic carbocycles. The van der Waals surface area contributed by atoms with Crippen LogP contribution in [0.5, 0.6) is 0 Å². The molecule has 5 rings (SSSR count). The Morgan fingerprint density at radius 2 is 1.94 bits per heavy atom. The molecule has 34 heavy (non-hydrogen) atoms. The number of aryl methyl sites for hydroxylation is 1. The number of anilines is 2. The van der Waals surface area contributed by atoms with Gasteiger partial charge in [0.2, 0.25) is 0 Å². The van der Waals surface area contributed by atoms with E-state index < -0.39 is 5.54 Å². The molecule has 170 valence electrons. The normalized spacial score (nSPS) is 16.6. The number of nitriles is 1. The average molecular weight is 453 g/mol. The molecular formula is C26H24N6O2. The number of pyridine rings is 2. The van der Waals surface area contributed by atoms with Crippen LogP contribution in [0.2, 0.25) is 0 Å². The van der Waals surface area contributed by atoms with Crippen LogP contribution in [0.25, 0.3) is 0 Å². The Morgan fingerprint density at radius 1 is 1.15 bits per heavy atom. The molecule has 2 aliphatic heterocycles. The summed E-state index contributed by atoms with van der Waals surface area (Å²) in [6, 6.07) is 11.2. The number of aromatic nitrogens is 2. The number of hydrogen-bond donors (Lipinski definition) is 1. The molecule has 0 unspecified atom stereocenters. The minimum Gasteiger partial charge on any atom is -0.377 e. The van der Waals surface area contributed by atoms with Gasteiger partial charge >= 0.3 is 0 Å². The van der Waals surface area contributed by atoms with Crippen molar-refractivity contribution in [1.82, 2.24) is 14.9 Å². The van der Waals surface area contributed by atoms with Crippen molar-refractivity contribution in [2.45, 2.75) is 32.4 Å². The van der Waals surface area contributed by atoms with E-state index in [9.17, 15) is 14.9 Å². The van der Waals surface area contributed by atoms with Gasteiger partial charge in [-0.1, -0.05) is 0 Å². The molecule has 3 aromatic rings. The van der Waals surface area contributed by atoms with Crippen LogP contribution in [0.3, 0.4) is 0 Å². The highest BCUT2D eigenvalue weighted by molar-refractivity contribution is 6.12. The Labute approximate surface area is 197 Å². The van der Waals surface area contributed by atoms with E-state index >= 15 is 0 Å². The van der Waals surface area contributed by atoms with Crippen molar-refractivity contribution in [1.29, 1.82) is 5.26 Å². The first kappa shape index (κ1) is 21.6. The maximum Gasteiger partial charge on any atom is 0.259 e. The molecule has 2 aromatic heterocycles. The Hall–Kier alpha value is -4.25.